The molecule has 3 rings (SSSR count). The SMILES string of the molecule is CCCC1(CCC)C2=C(C=CCC2=O)c2ccccc21. The molecule has 0 saturated heterocycles. The van der Waals surface area contributed by atoms with E-state index < -0.39 is 0 Å². The lowest BCUT2D eigenvalue weighted by atomic mass is 9.68. The maximum absolute atomic E-state index is 12.6. The molecule has 20 heavy (non-hydrogen) atoms. The van der Waals surface area contributed by atoms with Gasteiger partial charge in [0.2, 0.25) is 0 Å². The van der Waals surface area contributed by atoms with Gasteiger partial charge in [-0.3, -0.25) is 4.79 Å². The summed E-state index contributed by atoms with van der Waals surface area (Å²) in [7, 11) is 0. The molecule has 1 aromatic rings. The van der Waals surface area contributed by atoms with Gasteiger partial charge in [-0.2, -0.15) is 0 Å². The Bertz CT molecular complexity index is 598. The molecule has 0 N–H and O–H groups in total. The third-order valence-corrected chi connectivity index (χ3v) is 4.70. The van der Waals surface area contributed by atoms with Gasteiger partial charge in [0.25, 0.3) is 0 Å². The molecule has 0 bridgehead atoms. The summed E-state index contributed by atoms with van der Waals surface area (Å²) >= 11 is 0. The number of Topliss-reactive ketones (excluding diaryl/α,β-unsaturated/α-hetero) is 1. The number of allylic oxidation sites excluding steroid dienone is 4. The second-order valence-corrected chi connectivity index (χ2v) is 5.95. The summed E-state index contributed by atoms with van der Waals surface area (Å²) in [6.45, 7) is 4.45. The summed E-state index contributed by atoms with van der Waals surface area (Å²) in [6, 6.07) is 8.62. The molecule has 0 aromatic heterocycles. The van der Waals surface area contributed by atoms with Gasteiger partial charge in [-0.25, -0.2) is 0 Å². The number of benzene rings is 1. The van der Waals surface area contributed by atoms with Crippen LogP contribution in [0.2, 0.25) is 0 Å². The second kappa shape index (κ2) is 5.05. The average molecular weight is 266 g/mol. The predicted octanol–water partition coefficient (Wildman–Crippen LogP) is 4.82. The molecule has 1 nitrogen and oxygen atoms in total. The molecule has 0 spiro atoms. The van der Waals surface area contributed by atoms with Crippen LogP contribution in [0.3, 0.4) is 0 Å². The van der Waals surface area contributed by atoms with Crippen LogP contribution in [0.4, 0.5) is 0 Å². The highest BCUT2D eigenvalue weighted by molar-refractivity contribution is 6.12. The molecule has 2 aliphatic carbocycles. The van der Waals surface area contributed by atoms with Crippen LogP contribution in [-0.2, 0) is 10.2 Å². The van der Waals surface area contributed by atoms with Crippen LogP contribution in [0.1, 0.15) is 57.1 Å². The number of fused-ring (bicyclic) bond motifs is 2. The smallest absolute Gasteiger partial charge is 0.164 e. The number of hydrogen-bond acceptors (Lipinski definition) is 1. The van der Waals surface area contributed by atoms with Crippen molar-refractivity contribution in [1.82, 2.24) is 0 Å². The quantitative estimate of drug-likeness (QED) is 0.763. The maximum Gasteiger partial charge on any atom is 0.164 e. The van der Waals surface area contributed by atoms with Crippen molar-refractivity contribution in [2.24, 2.45) is 0 Å². The Morgan fingerprint density at radius 3 is 2.50 bits per heavy atom. The number of carbonyl (C=O) groups is 1. The molecule has 1 heteroatoms. The lowest BCUT2D eigenvalue weighted by molar-refractivity contribution is -0.115. The first-order valence-corrected chi connectivity index (χ1v) is 7.79. The zero-order chi connectivity index (χ0) is 14.2. The summed E-state index contributed by atoms with van der Waals surface area (Å²) in [6.07, 6.45) is 9.15. The van der Waals surface area contributed by atoms with Crippen molar-refractivity contribution in [2.45, 2.75) is 51.4 Å². The average Bonchev–Trinajstić information content (AvgIpc) is 2.73. The maximum atomic E-state index is 12.6. The van der Waals surface area contributed by atoms with Crippen LogP contribution >= 0.6 is 0 Å². The normalized spacial score (nSPS) is 19.2. The van der Waals surface area contributed by atoms with Gasteiger partial charge in [0, 0.05) is 17.4 Å². The summed E-state index contributed by atoms with van der Waals surface area (Å²) in [5, 5.41) is 0. The largest absolute Gasteiger partial charge is 0.294 e. The fourth-order valence-corrected chi connectivity index (χ4v) is 4.14. The molecule has 0 atom stereocenters. The van der Waals surface area contributed by atoms with Crippen molar-refractivity contribution >= 4 is 11.4 Å². The monoisotopic (exact) mass is 266 g/mol. The summed E-state index contributed by atoms with van der Waals surface area (Å²) < 4.78 is 0. The fourth-order valence-electron chi connectivity index (χ4n) is 4.14. The fraction of sp³-hybridized carbons (Fsp3) is 0.421. The molecule has 2 aliphatic rings. The second-order valence-electron chi connectivity index (χ2n) is 5.95. The van der Waals surface area contributed by atoms with E-state index in [2.05, 4.69) is 44.2 Å². The first-order chi connectivity index (χ1) is 9.74. The zero-order valence-corrected chi connectivity index (χ0v) is 12.4. The van der Waals surface area contributed by atoms with Gasteiger partial charge in [-0.05, 0) is 29.5 Å². The number of ketones is 1. The van der Waals surface area contributed by atoms with Crippen molar-refractivity contribution < 1.29 is 4.79 Å². The lowest BCUT2D eigenvalue weighted by Crippen LogP contribution is -2.30. The van der Waals surface area contributed by atoms with Crippen molar-refractivity contribution in [3.05, 3.63) is 53.1 Å². The number of carbonyl (C=O) groups excluding carboxylic acids is 1. The standard InChI is InChI=1S/C19H22O/c1-3-12-19(13-4-2)16-10-6-5-8-14(16)15-9-7-11-17(20)18(15)19/h5-10H,3-4,11-13H2,1-2H3. The summed E-state index contributed by atoms with van der Waals surface area (Å²) in [5.41, 5.74) is 4.93. The van der Waals surface area contributed by atoms with Gasteiger partial charge in [0.1, 0.15) is 0 Å². The van der Waals surface area contributed by atoms with E-state index in [0.717, 1.165) is 31.3 Å². The van der Waals surface area contributed by atoms with Crippen LogP contribution in [0.5, 0.6) is 0 Å². The van der Waals surface area contributed by atoms with E-state index in [0.29, 0.717) is 12.2 Å². The highest BCUT2D eigenvalue weighted by Gasteiger charge is 2.46. The lowest BCUT2D eigenvalue weighted by Gasteiger charge is -2.33. The van der Waals surface area contributed by atoms with Gasteiger partial charge in [0.05, 0.1) is 0 Å². The topological polar surface area (TPSA) is 17.1 Å². The molecule has 0 fully saturated rings. The van der Waals surface area contributed by atoms with Crippen LogP contribution in [0.15, 0.2) is 42.0 Å². The molecule has 0 saturated carbocycles. The van der Waals surface area contributed by atoms with E-state index in [1.165, 1.54) is 16.7 Å². The number of rotatable bonds is 4. The Morgan fingerprint density at radius 1 is 1.10 bits per heavy atom. The Labute approximate surface area is 121 Å². The van der Waals surface area contributed by atoms with Crippen molar-refractivity contribution in [3.8, 4) is 0 Å². The third kappa shape index (κ3) is 1.72. The highest BCUT2D eigenvalue weighted by atomic mass is 16.1. The van der Waals surface area contributed by atoms with Crippen molar-refractivity contribution in [2.75, 3.05) is 0 Å². The first kappa shape index (κ1) is 13.4. The molecule has 1 aromatic carbocycles. The summed E-state index contributed by atoms with van der Waals surface area (Å²) in [5.74, 6) is 0.334. The molecule has 104 valence electrons. The molecule has 0 aliphatic heterocycles. The van der Waals surface area contributed by atoms with E-state index >= 15 is 0 Å². The molecular weight excluding hydrogens is 244 g/mol. The van der Waals surface area contributed by atoms with Crippen LogP contribution in [0, 0.1) is 0 Å². The number of hydrogen-bond donors (Lipinski definition) is 0. The molecule has 0 unspecified atom stereocenters. The molecule has 0 amide bonds. The van der Waals surface area contributed by atoms with Gasteiger partial charge in [-0.1, -0.05) is 63.1 Å². The third-order valence-electron chi connectivity index (χ3n) is 4.70. The van der Waals surface area contributed by atoms with E-state index in [-0.39, 0.29) is 5.41 Å². The molecule has 0 heterocycles. The molecule has 0 radical (unpaired) electrons. The van der Waals surface area contributed by atoms with E-state index in [1.807, 2.05) is 6.08 Å². The van der Waals surface area contributed by atoms with Gasteiger partial charge < -0.3 is 0 Å². The Balaban J connectivity index is 2.27. The van der Waals surface area contributed by atoms with E-state index in [9.17, 15) is 4.79 Å². The Morgan fingerprint density at radius 2 is 1.80 bits per heavy atom. The van der Waals surface area contributed by atoms with Crippen LogP contribution < -0.4 is 0 Å². The van der Waals surface area contributed by atoms with E-state index in [1.54, 1.807) is 0 Å². The van der Waals surface area contributed by atoms with Gasteiger partial charge in [0.15, 0.2) is 5.78 Å². The van der Waals surface area contributed by atoms with E-state index in [4.69, 9.17) is 0 Å². The minimum Gasteiger partial charge on any atom is -0.294 e. The zero-order valence-electron chi connectivity index (χ0n) is 12.4. The highest BCUT2D eigenvalue weighted by Crippen LogP contribution is 2.53. The minimum atomic E-state index is -0.0305. The first-order valence-electron chi connectivity index (χ1n) is 7.79. The van der Waals surface area contributed by atoms with Gasteiger partial charge in [-0.15, -0.1) is 0 Å². The summed E-state index contributed by atoms with van der Waals surface area (Å²) in [4.78, 5) is 12.6. The molecular formula is C19H22O. The minimum absolute atomic E-state index is 0.0305. The predicted molar refractivity (Wildman–Crippen MR) is 83.6 cm³/mol. The van der Waals surface area contributed by atoms with Crippen LogP contribution in [-0.4, -0.2) is 5.78 Å². The Hall–Kier alpha value is -1.63. The van der Waals surface area contributed by atoms with Crippen LogP contribution in [0.25, 0.3) is 5.57 Å². The van der Waals surface area contributed by atoms with Gasteiger partial charge >= 0.3 is 0 Å². The van der Waals surface area contributed by atoms with Crippen molar-refractivity contribution in [3.63, 3.8) is 0 Å². The Kier molecular flexibility index (Phi) is 3.37. The van der Waals surface area contributed by atoms with Crippen molar-refractivity contribution in [1.29, 1.82) is 0 Å².